The lowest BCUT2D eigenvalue weighted by Crippen LogP contribution is -2.42. The monoisotopic (exact) mass is 296 g/mol. The van der Waals surface area contributed by atoms with Crippen LogP contribution in [-0.4, -0.2) is 56.2 Å². The summed E-state index contributed by atoms with van der Waals surface area (Å²) in [7, 11) is 3.12. The van der Waals surface area contributed by atoms with Gasteiger partial charge >= 0.3 is 6.03 Å². The van der Waals surface area contributed by atoms with Gasteiger partial charge in [-0.3, -0.25) is 0 Å². The van der Waals surface area contributed by atoms with E-state index in [2.05, 4.69) is 5.32 Å². The van der Waals surface area contributed by atoms with Crippen LogP contribution in [0.5, 0.6) is 11.5 Å². The predicted molar refractivity (Wildman–Crippen MR) is 75.3 cm³/mol. The molecule has 0 saturated carbocycles. The maximum absolute atomic E-state index is 11.9. The molecule has 0 spiro atoms. The zero-order valence-electron chi connectivity index (χ0n) is 12.2. The minimum atomic E-state index is -0.698. The lowest BCUT2D eigenvalue weighted by molar-refractivity contribution is 0.0489. The molecule has 0 fully saturated rings. The molecule has 7 heteroatoms. The number of urea groups is 1. The summed E-state index contributed by atoms with van der Waals surface area (Å²) in [5.41, 5.74) is 0.915. The van der Waals surface area contributed by atoms with Gasteiger partial charge in [0.05, 0.1) is 19.3 Å². The van der Waals surface area contributed by atoms with E-state index in [0.717, 1.165) is 5.56 Å². The van der Waals surface area contributed by atoms with Crippen molar-refractivity contribution in [3.63, 3.8) is 0 Å². The second-order valence-corrected chi connectivity index (χ2v) is 4.84. The Morgan fingerprint density at radius 1 is 1.48 bits per heavy atom. The Kier molecular flexibility index (Phi) is 5.24. The van der Waals surface area contributed by atoms with E-state index in [9.17, 15) is 9.90 Å². The smallest absolute Gasteiger partial charge is 0.317 e. The molecule has 0 radical (unpaired) electrons. The Bertz CT molecular complexity index is 494. The fraction of sp³-hybridized carbons (Fsp3) is 0.500. The number of carbonyl (C=O) groups is 1. The minimum absolute atomic E-state index is 0.194. The Morgan fingerprint density at radius 3 is 3.00 bits per heavy atom. The topological polar surface area (TPSA) is 80.3 Å². The Labute approximate surface area is 123 Å². The largest absolute Gasteiger partial charge is 0.454 e. The summed E-state index contributed by atoms with van der Waals surface area (Å²) in [6.07, 6.45) is -0.698. The van der Waals surface area contributed by atoms with Crippen molar-refractivity contribution in [1.29, 1.82) is 0 Å². The second-order valence-electron chi connectivity index (χ2n) is 4.84. The van der Waals surface area contributed by atoms with Gasteiger partial charge in [-0.2, -0.15) is 0 Å². The van der Waals surface area contributed by atoms with Gasteiger partial charge in [0, 0.05) is 20.7 Å². The van der Waals surface area contributed by atoms with Crippen molar-refractivity contribution >= 4 is 6.03 Å². The average molecular weight is 296 g/mol. The van der Waals surface area contributed by atoms with Crippen LogP contribution in [0.15, 0.2) is 18.2 Å². The molecular formula is C14H20N2O5. The Balaban J connectivity index is 1.80. The number of carbonyl (C=O) groups excluding carboxylic acids is 1. The predicted octanol–water partition coefficient (Wildman–Crippen LogP) is 0.564. The molecule has 2 N–H and O–H groups in total. The highest BCUT2D eigenvalue weighted by molar-refractivity contribution is 5.73. The van der Waals surface area contributed by atoms with E-state index < -0.39 is 6.10 Å². The number of methoxy groups -OCH3 is 1. The van der Waals surface area contributed by atoms with Crippen LogP contribution in [0.25, 0.3) is 0 Å². The van der Waals surface area contributed by atoms with Crippen molar-refractivity contribution in [1.82, 2.24) is 10.2 Å². The number of hydrogen-bond acceptors (Lipinski definition) is 5. The van der Waals surface area contributed by atoms with E-state index in [0.29, 0.717) is 18.0 Å². The van der Waals surface area contributed by atoms with Gasteiger partial charge in [-0.05, 0) is 17.7 Å². The summed E-state index contributed by atoms with van der Waals surface area (Å²) in [5.74, 6) is 1.40. The van der Waals surface area contributed by atoms with Crippen molar-refractivity contribution in [2.45, 2.75) is 12.6 Å². The van der Waals surface area contributed by atoms with Gasteiger partial charge in [0.2, 0.25) is 6.79 Å². The number of aliphatic hydroxyl groups excluding tert-OH is 1. The molecule has 1 aliphatic heterocycles. The Morgan fingerprint density at radius 2 is 2.24 bits per heavy atom. The molecule has 1 aliphatic rings. The standard InChI is InChI=1S/C14H20N2O5/c1-16(7-11(17)8-19-2)14(18)15-6-10-3-4-12-13(5-10)21-9-20-12/h3-5,11,17H,6-9H2,1-2H3,(H,15,18)/t11-/m1/s1. The molecule has 1 aromatic rings. The number of amides is 2. The van der Waals surface area contributed by atoms with Crippen LogP contribution < -0.4 is 14.8 Å². The van der Waals surface area contributed by atoms with Gasteiger partial charge in [-0.15, -0.1) is 0 Å². The number of nitrogens with one attached hydrogen (secondary N) is 1. The van der Waals surface area contributed by atoms with Crippen LogP contribution in [0.3, 0.4) is 0 Å². The van der Waals surface area contributed by atoms with Crippen LogP contribution >= 0.6 is 0 Å². The van der Waals surface area contributed by atoms with Gasteiger partial charge in [0.1, 0.15) is 0 Å². The number of ether oxygens (including phenoxy) is 3. The number of hydrogen-bond donors (Lipinski definition) is 2. The molecule has 1 heterocycles. The van der Waals surface area contributed by atoms with Crippen molar-refractivity contribution in [2.24, 2.45) is 0 Å². The molecule has 0 saturated heterocycles. The van der Waals surface area contributed by atoms with E-state index in [-0.39, 0.29) is 26.0 Å². The van der Waals surface area contributed by atoms with Gasteiger partial charge in [0.25, 0.3) is 0 Å². The van der Waals surface area contributed by atoms with Crippen LogP contribution in [0.2, 0.25) is 0 Å². The summed E-state index contributed by atoms with van der Waals surface area (Å²) in [5, 5.41) is 12.4. The molecular weight excluding hydrogens is 276 g/mol. The molecule has 21 heavy (non-hydrogen) atoms. The molecule has 0 bridgehead atoms. The molecule has 1 aromatic carbocycles. The summed E-state index contributed by atoms with van der Waals surface area (Å²) in [6, 6.07) is 5.26. The van der Waals surface area contributed by atoms with Crippen LogP contribution in [-0.2, 0) is 11.3 Å². The molecule has 0 aliphatic carbocycles. The normalized spacial score (nSPS) is 13.9. The first-order chi connectivity index (χ1) is 10.1. The fourth-order valence-electron chi connectivity index (χ4n) is 2.01. The molecule has 7 nitrogen and oxygen atoms in total. The third-order valence-corrected chi connectivity index (χ3v) is 3.07. The first kappa shape index (κ1) is 15.4. The molecule has 0 unspecified atom stereocenters. The maximum Gasteiger partial charge on any atom is 0.317 e. The summed E-state index contributed by atoms with van der Waals surface area (Å²) < 4.78 is 15.3. The summed E-state index contributed by atoms with van der Waals surface area (Å²) in [4.78, 5) is 13.3. The Hall–Kier alpha value is -1.99. The molecule has 2 rings (SSSR count). The van der Waals surface area contributed by atoms with Crippen molar-refractivity contribution < 1.29 is 24.1 Å². The molecule has 0 aromatic heterocycles. The van der Waals surface area contributed by atoms with Gasteiger partial charge in [-0.25, -0.2) is 4.79 Å². The van der Waals surface area contributed by atoms with E-state index in [1.165, 1.54) is 12.0 Å². The fourth-order valence-corrected chi connectivity index (χ4v) is 2.01. The highest BCUT2D eigenvalue weighted by Crippen LogP contribution is 2.32. The van der Waals surface area contributed by atoms with E-state index in [4.69, 9.17) is 14.2 Å². The second kappa shape index (κ2) is 7.14. The zero-order chi connectivity index (χ0) is 15.2. The number of fused-ring (bicyclic) bond motifs is 1. The van der Waals surface area contributed by atoms with E-state index in [1.54, 1.807) is 7.05 Å². The molecule has 1 atom stereocenters. The van der Waals surface area contributed by atoms with Crippen LogP contribution in [0.1, 0.15) is 5.56 Å². The van der Waals surface area contributed by atoms with Crippen molar-refractivity contribution in [3.05, 3.63) is 23.8 Å². The highest BCUT2D eigenvalue weighted by Gasteiger charge is 2.15. The van der Waals surface area contributed by atoms with Gasteiger partial charge in [-0.1, -0.05) is 6.07 Å². The lowest BCUT2D eigenvalue weighted by atomic mass is 10.2. The van der Waals surface area contributed by atoms with Crippen molar-refractivity contribution in [2.75, 3.05) is 34.1 Å². The van der Waals surface area contributed by atoms with Gasteiger partial charge in [0.15, 0.2) is 11.5 Å². The third-order valence-electron chi connectivity index (χ3n) is 3.07. The number of benzene rings is 1. The minimum Gasteiger partial charge on any atom is -0.454 e. The first-order valence-electron chi connectivity index (χ1n) is 6.64. The van der Waals surface area contributed by atoms with E-state index >= 15 is 0 Å². The van der Waals surface area contributed by atoms with Crippen molar-refractivity contribution in [3.8, 4) is 11.5 Å². The summed E-state index contributed by atoms with van der Waals surface area (Å²) >= 11 is 0. The zero-order valence-corrected chi connectivity index (χ0v) is 12.2. The third kappa shape index (κ3) is 4.24. The number of rotatable bonds is 6. The number of aliphatic hydroxyl groups is 1. The maximum atomic E-state index is 11.9. The number of likely N-dealkylation sites (N-methyl/N-ethyl adjacent to an activating group) is 1. The SMILES string of the molecule is COC[C@H](O)CN(C)C(=O)NCc1ccc2c(c1)OCO2. The summed E-state index contributed by atoms with van der Waals surface area (Å²) in [6.45, 7) is 1.01. The van der Waals surface area contributed by atoms with Crippen LogP contribution in [0, 0.1) is 0 Å². The first-order valence-corrected chi connectivity index (χ1v) is 6.64. The molecule has 2 amide bonds. The average Bonchev–Trinajstić information content (AvgIpc) is 2.92. The quantitative estimate of drug-likeness (QED) is 0.802. The molecule has 116 valence electrons. The van der Waals surface area contributed by atoms with Crippen LogP contribution in [0.4, 0.5) is 4.79 Å². The lowest BCUT2D eigenvalue weighted by Gasteiger charge is -2.21. The van der Waals surface area contributed by atoms with Gasteiger partial charge < -0.3 is 29.5 Å². The highest BCUT2D eigenvalue weighted by atomic mass is 16.7. The number of nitrogens with zero attached hydrogens (tertiary/aromatic N) is 1. The van der Waals surface area contributed by atoms with E-state index in [1.807, 2.05) is 18.2 Å².